The Morgan fingerprint density at radius 2 is 1.95 bits per heavy atom. The van der Waals surface area contributed by atoms with Gasteiger partial charge in [0.2, 0.25) is 5.91 Å². The number of amides is 1. The number of aromatic nitrogens is 3. The van der Waals surface area contributed by atoms with E-state index in [0.29, 0.717) is 22.3 Å². The number of nitrogens with zero attached hydrogens (tertiary/aromatic N) is 4. The molecule has 0 spiro atoms. The zero-order valence-corrected chi connectivity index (χ0v) is 24.7. The van der Waals surface area contributed by atoms with Crippen molar-refractivity contribution in [1.29, 1.82) is 5.26 Å². The number of carbonyl (C=O) groups is 1. The second-order valence-corrected chi connectivity index (χ2v) is 12.9. The molecule has 0 saturated heterocycles. The van der Waals surface area contributed by atoms with Gasteiger partial charge in [-0.1, -0.05) is 60.5 Å². The summed E-state index contributed by atoms with van der Waals surface area (Å²) in [6, 6.07) is 10.9. The SMILES string of the molecule is C=CCn1c(SCC(=O)Nc2sc3c(c2C#N)CCCCCC3)nnc1-c1csc(C)c1-c1ccc(C)cc1. The van der Waals surface area contributed by atoms with Gasteiger partial charge in [0.1, 0.15) is 11.1 Å². The van der Waals surface area contributed by atoms with Crippen molar-refractivity contribution in [3.05, 3.63) is 68.7 Å². The number of thioether (sulfide) groups is 1. The Morgan fingerprint density at radius 3 is 2.69 bits per heavy atom. The van der Waals surface area contributed by atoms with Crippen LogP contribution in [0.15, 0.2) is 47.5 Å². The molecule has 9 heteroatoms. The lowest BCUT2D eigenvalue weighted by Crippen LogP contribution is -2.14. The molecular formula is C30H31N5OS3. The fraction of sp³-hybridized carbons (Fsp3) is 0.333. The topological polar surface area (TPSA) is 83.6 Å². The summed E-state index contributed by atoms with van der Waals surface area (Å²) < 4.78 is 2.02. The van der Waals surface area contributed by atoms with Gasteiger partial charge < -0.3 is 5.32 Å². The number of anilines is 1. The van der Waals surface area contributed by atoms with Gasteiger partial charge >= 0.3 is 0 Å². The molecule has 0 radical (unpaired) electrons. The van der Waals surface area contributed by atoms with Crippen molar-refractivity contribution in [1.82, 2.24) is 14.8 Å². The first kappa shape index (κ1) is 27.4. The first-order valence-electron chi connectivity index (χ1n) is 13.2. The molecule has 0 unspecified atom stereocenters. The lowest BCUT2D eigenvalue weighted by Gasteiger charge is -2.10. The van der Waals surface area contributed by atoms with Crippen LogP contribution in [-0.2, 0) is 24.2 Å². The minimum Gasteiger partial charge on any atom is -0.316 e. The van der Waals surface area contributed by atoms with E-state index in [1.165, 1.54) is 39.9 Å². The average Bonchev–Trinajstić information content (AvgIpc) is 3.58. The van der Waals surface area contributed by atoms with E-state index in [1.54, 1.807) is 22.7 Å². The molecule has 1 aromatic carbocycles. The Hall–Kier alpha value is -3.19. The van der Waals surface area contributed by atoms with Gasteiger partial charge in [-0.25, -0.2) is 0 Å². The second-order valence-electron chi connectivity index (χ2n) is 9.72. The van der Waals surface area contributed by atoms with Crippen molar-refractivity contribution in [3.63, 3.8) is 0 Å². The minimum absolute atomic E-state index is 0.146. The number of aryl methyl sites for hydroxylation is 3. The summed E-state index contributed by atoms with van der Waals surface area (Å²) in [5.41, 5.74) is 6.33. The molecule has 0 saturated carbocycles. The number of carbonyl (C=O) groups excluding carboxylic acids is 1. The van der Waals surface area contributed by atoms with Crippen molar-refractivity contribution in [2.75, 3.05) is 11.1 Å². The normalized spacial score (nSPS) is 13.3. The van der Waals surface area contributed by atoms with Crippen LogP contribution in [0, 0.1) is 25.2 Å². The van der Waals surface area contributed by atoms with E-state index in [-0.39, 0.29) is 11.7 Å². The number of thiophene rings is 2. The molecule has 3 heterocycles. The average molecular weight is 574 g/mol. The van der Waals surface area contributed by atoms with Crippen LogP contribution >= 0.6 is 34.4 Å². The lowest BCUT2D eigenvalue weighted by molar-refractivity contribution is -0.113. The molecule has 5 rings (SSSR count). The minimum atomic E-state index is -0.146. The van der Waals surface area contributed by atoms with E-state index in [4.69, 9.17) is 0 Å². The number of rotatable bonds is 8. The van der Waals surface area contributed by atoms with Crippen molar-refractivity contribution >= 4 is 45.3 Å². The number of benzene rings is 1. The number of nitrogens with one attached hydrogen (secondary N) is 1. The number of allylic oxidation sites excluding steroid dienone is 1. The Bertz CT molecular complexity index is 1540. The van der Waals surface area contributed by atoms with Crippen LogP contribution in [0.3, 0.4) is 0 Å². The van der Waals surface area contributed by atoms with Gasteiger partial charge in [-0.3, -0.25) is 9.36 Å². The van der Waals surface area contributed by atoms with Crippen LogP contribution in [0.2, 0.25) is 0 Å². The van der Waals surface area contributed by atoms with E-state index in [0.717, 1.165) is 53.8 Å². The van der Waals surface area contributed by atoms with Gasteiger partial charge in [0.05, 0.1) is 11.3 Å². The van der Waals surface area contributed by atoms with Crippen molar-refractivity contribution in [2.45, 2.75) is 64.1 Å². The van der Waals surface area contributed by atoms with Gasteiger partial charge in [0, 0.05) is 32.8 Å². The third-order valence-corrected chi connectivity index (χ3v) is 10.0. The Kier molecular flexibility index (Phi) is 8.66. The quantitative estimate of drug-likeness (QED) is 0.172. The maximum Gasteiger partial charge on any atom is 0.235 e. The fourth-order valence-corrected chi connectivity index (χ4v) is 7.87. The lowest BCUT2D eigenvalue weighted by atomic mass is 9.97. The first-order valence-corrected chi connectivity index (χ1v) is 15.8. The highest BCUT2D eigenvalue weighted by molar-refractivity contribution is 7.99. The summed E-state index contributed by atoms with van der Waals surface area (Å²) in [7, 11) is 0. The molecule has 1 aliphatic rings. The van der Waals surface area contributed by atoms with E-state index in [1.807, 2.05) is 10.6 Å². The van der Waals surface area contributed by atoms with Crippen LogP contribution in [0.4, 0.5) is 5.00 Å². The van der Waals surface area contributed by atoms with Gasteiger partial charge in [0.25, 0.3) is 0 Å². The summed E-state index contributed by atoms with van der Waals surface area (Å²) in [4.78, 5) is 15.5. The second kappa shape index (κ2) is 12.3. The molecule has 0 bridgehead atoms. The molecule has 1 N–H and O–H groups in total. The third-order valence-electron chi connectivity index (χ3n) is 6.95. The molecule has 200 valence electrons. The smallest absolute Gasteiger partial charge is 0.235 e. The Labute approximate surface area is 241 Å². The number of fused-ring (bicyclic) bond motifs is 1. The van der Waals surface area contributed by atoms with Crippen LogP contribution in [-0.4, -0.2) is 26.4 Å². The highest BCUT2D eigenvalue weighted by Crippen LogP contribution is 2.40. The Morgan fingerprint density at radius 1 is 1.18 bits per heavy atom. The third kappa shape index (κ3) is 5.88. The predicted octanol–water partition coefficient (Wildman–Crippen LogP) is 7.80. The molecule has 6 nitrogen and oxygen atoms in total. The summed E-state index contributed by atoms with van der Waals surface area (Å²) >= 11 is 4.61. The van der Waals surface area contributed by atoms with Crippen molar-refractivity contribution < 1.29 is 4.79 Å². The molecule has 3 aromatic heterocycles. The largest absolute Gasteiger partial charge is 0.316 e. The zero-order chi connectivity index (χ0) is 27.4. The molecular weight excluding hydrogens is 543 g/mol. The molecule has 1 aliphatic carbocycles. The molecule has 39 heavy (non-hydrogen) atoms. The van der Waals surface area contributed by atoms with Gasteiger partial charge in [-0.2, -0.15) is 5.26 Å². The number of hydrogen-bond acceptors (Lipinski definition) is 7. The van der Waals surface area contributed by atoms with Crippen molar-refractivity contribution in [3.8, 4) is 28.6 Å². The molecule has 0 atom stereocenters. The van der Waals surface area contributed by atoms with Crippen LogP contribution in [0.5, 0.6) is 0 Å². The van der Waals surface area contributed by atoms with E-state index in [2.05, 4.69) is 71.7 Å². The molecule has 0 aliphatic heterocycles. The summed E-state index contributed by atoms with van der Waals surface area (Å²) in [6.07, 6.45) is 8.38. The number of nitriles is 1. The maximum atomic E-state index is 13.0. The van der Waals surface area contributed by atoms with Gasteiger partial charge in [-0.15, -0.1) is 39.4 Å². The van der Waals surface area contributed by atoms with E-state index >= 15 is 0 Å². The van der Waals surface area contributed by atoms with Crippen molar-refractivity contribution in [2.24, 2.45) is 0 Å². The summed E-state index contributed by atoms with van der Waals surface area (Å²) in [6.45, 7) is 8.67. The summed E-state index contributed by atoms with van der Waals surface area (Å²) in [5.74, 6) is 0.797. The monoisotopic (exact) mass is 573 g/mol. The maximum absolute atomic E-state index is 13.0. The van der Waals surface area contributed by atoms with E-state index < -0.39 is 0 Å². The number of hydrogen-bond donors (Lipinski definition) is 1. The molecule has 1 amide bonds. The summed E-state index contributed by atoms with van der Waals surface area (Å²) in [5, 5.41) is 25.3. The predicted molar refractivity (Wildman–Crippen MR) is 163 cm³/mol. The standard InChI is InChI=1S/C30H31N5OS3/c1-4-15-35-28(24-17-37-20(3)27(24)21-13-11-19(2)12-14-21)33-34-30(35)38-18-26(36)32-29-23(16-31)22-9-7-5-6-8-10-25(22)39-29/h4,11-14,17H,1,5-10,15,18H2,2-3H3,(H,32,36). The van der Waals surface area contributed by atoms with Gasteiger partial charge in [-0.05, 0) is 50.7 Å². The van der Waals surface area contributed by atoms with Crippen LogP contribution in [0.25, 0.3) is 22.5 Å². The Balaban J connectivity index is 1.36. The zero-order valence-electron chi connectivity index (χ0n) is 22.2. The fourth-order valence-electron chi connectivity index (χ4n) is 5.01. The van der Waals surface area contributed by atoms with Crippen LogP contribution in [0.1, 0.15) is 52.1 Å². The van der Waals surface area contributed by atoms with Crippen LogP contribution < -0.4 is 5.32 Å². The first-order chi connectivity index (χ1) is 19.0. The highest BCUT2D eigenvalue weighted by Gasteiger charge is 2.23. The molecule has 0 fully saturated rings. The highest BCUT2D eigenvalue weighted by atomic mass is 32.2. The van der Waals surface area contributed by atoms with Gasteiger partial charge in [0.15, 0.2) is 11.0 Å². The van der Waals surface area contributed by atoms with E-state index in [9.17, 15) is 10.1 Å². The molecule has 4 aromatic rings.